The van der Waals surface area contributed by atoms with Crippen molar-refractivity contribution in [3.63, 3.8) is 0 Å². The molecule has 3 rings (SSSR count). The molecule has 1 amide bonds. The van der Waals surface area contributed by atoms with Crippen LogP contribution >= 0.6 is 11.6 Å². The topological polar surface area (TPSA) is 44.8 Å². The predicted octanol–water partition coefficient (Wildman–Crippen LogP) is 3.56. The van der Waals surface area contributed by atoms with Gasteiger partial charge in [-0.25, -0.2) is 4.39 Å². The Morgan fingerprint density at radius 3 is 2.48 bits per heavy atom. The number of methoxy groups -OCH3 is 1. The Morgan fingerprint density at radius 2 is 1.85 bits per heavy atom. The third kappa shape index (κ3) is 4.90. The number of carbonyl (C=O) groups is 1. The Morgan fingerprint density at radius 1 is 1.19 bits per heavy atom. The average molecular weight is 392 g/mol. The summed E-state index contributed by atoms with van der Waals surface area (Å²) in [7, 11) is 1.55. The third-order valence-electron chi connectivity index (χ3n) is 4.69. The molecule has 27 heavy (non-hydrogen) atoms. The maximum Gasteiger partial charge on any atom is 0.238 e. The number of halogens is 2. The van der Waals surface area contributed by atoms with Gasteiger partial charge in [0.25, 0.3) is 0 Å². The largest absolute Gasteiger partial charge is 0.495 e. The number of hydrogen-bond donors (Lipinski definition) is 1. The molecule has 0 aromatic heterocycles. The van der Waals surface area contributed by atoms with Crippen molar-refractivity contribution in [3.05, 3.63) is 52.8 Å². The van der Waals surface area contributed by atoms with Gasteiger partial charge in [0.15, 0.2) is 0 Å². The fourth-order valence-electron chi connectivity index (χ4n) is 3.14. The van der Waals surface area contributed by atoms with Gasteiger partial charge in [0.2, 0.25) is 5.91 Å². The van der Waals surface area contributed by atoms with Gasteiger partial charge < -0.3 is 15.0 Å². The van der Waals surface area contributed by atoms with Crippen molar-refractivity contribution in [2.24, 2.45) is 0 Å². The van der Waals surface area contributed by atoms with Crippen LogP contribution in [-0.2, 0) is 4.79 Å². The molecule has 1 fully saturated rings. The van der Waals surface area contributed by atoms with Gasteiger partial charge in [-0.1, -0.05) is 11.6 Å². The van der Waals surface area contributed by atoms with Gasteiger partial charge in [-0.3, -0.25) is 9.69 Å². The zero-order valence-corrected chi connectivity index (χ0v) is 16.2. The van der Waals surface area contributed by atoms with E-state index in [4.69, 9.17) is 16.3 Å². The van der Waals surface area contributed by atoms with Crippen molar-refractivity contribution >= 4 is 28.9 Å². The molecule has 1 heterocycles. The van der Waals surface area contributed by atoms with Crippen molar-refractivity contribution in [1.29, 1.82) is 0 Å². The molecule has 0 saturated carbocycles. The van der Waals surface area contributed by atoms with E-state index < -0.39 is 0 Å². The van der Waals surface area contributed by atoms with Gasteiger partial charge in [-0.2, -0.15) is 0 Å². The third-order valence-corrected chi connectivity index (χ3v) is 5.09. The molecular formula is C20H23ClFN3O2. The maximum atomic E-state index is 13.1. The minimum Gasteiger partial charge on any atom is -0.495 e. The molecule has 1 N–H and O–H groups in total. The van der Waals surface area contributed by atoms with Gasteiger partial charge in [0.1, 0.15) is 11.6 Å². The lowest BCUT2D eigenvalue weighted by molar-refractivity contribution is -0.117. The Labute approximate surface area is 163 Å². The number of hydrogen-bond acceptors (Lipinski definition) is 4. The molecule has 0 spiro atoms. The lowest BCUT2D eigenvalue weighted by atomic mass is 10.2. The molecular weight excluding hydrogens is 369 g/mol. The van der Waals surface area contributed by atoms with E-state index in [-0.39, 0.29) is 11.7 Å². The van der Waals surface area contributed by atoms with Crippen LogP contribution in [-0.4, -0.2) is 50.6 Å². The molecule has 0 atom stereocenters. The summed E-state index contributed by atoms with van der Waals surface area (Å²) >= 11 is 6.10. The summed E-state index contributed by atoms with van der Waals surface area (Å²) in [6, 6.07) is 10.0. The fraction of sp³-hybridized carbons (Fsp3) is 0.350. The number of amides is 1. The van der Waals surface area contributed by atoms with Crippen LogP contribution in [0.4, 0.5) is 15.8 Å². The number of rotatable bonds is 5. The molecule has 1 aliphatic heterocycles. The van der Waals surface area contributed by atoms with Crippen LogP contribution in [0.1, 0.15) is 5.56 Å². The number of nitrogens with zero attached hydrogens (tertiary/aromatic N) is 2. The van der Waals surface area contributed by atoms with E-state index in [9.17, 15) is 9.18 Å². The van der Waals surface area contributed by atoms with Crippen LogP contribution < -0.4 is 15.0 Å². The summed E-state index contributed by atoms with van der Waals surface area (Å²) in [4.78, 5) is 16.7. The molecule has 1 aliphatic rings. The maximum absolute atomic E-state index is 13.1. The second kappa shape index (κ2) is 8.59. The zero-order chi connectivity index (χ0) is 19.4. The number of carbonyl (C=O) groups excluding carboxylic acids is 1. The first-order chi connectivity index (χ1) is 13.0. The quantitative estimate of drug-likeness (QED) is 0.846. The van der Waals surface area contributed by atoms with Gasteiger partial charge >= 0.3 is 0 Å². The Kier molecular flexibility index (Phi) is 6.19. The first kappa shape index (κ1) is 19.5. The van der Waals surface area contributed by atoms with E-state index in [2.05, 4.69) is 15.1 Å². The number of nitrogens with one attached hydrogen (secondary N) is 1. The van der Waals surface area contributed by atoms with Gasteiger partial charge in [0, 0.05) is 43.0 Å². The summed E-state index contributed by atoms with van der Waals surface area (Å²) in [5, 5.41) is 3.51. The molecule has 0 bridgehead atoms. The van der Waals surface area contributed by atoms with Crippen molar-refractivity contribution in [3.8, 4) is 5.75 Å². The van der Waals surface area contributed by atoms with Gasteiger partial charge in [0.05, 0.1) is 19.3 Å². The highest BCUT2D eigenvalue weighted by molar-refractivity contribution is 6.31. The van der Waals surface area contributed by atoms with E-state index in [1.165, 1.54) is 12.1 Å². The van der Waals surface area contributed by atoms with Crippen LogP contribution in [0.15, 0.2) is 36.4 Å². The molecule has 0 radical (unpaired) electrons. The van der Waals surface area contributed by atoms with E-state index in [0.717, 1.165) is 37.4 Å². The summed E-state index contributed by atoms with van der Waals surface area (Å²) in [6.07, 6.45) is 0. The minimum absolute atomic E-state index is 0.0924. The van der Waals surface area contributed by atoms with E-state index in [1.807, 2.05) is 13.0 Å². The molecule has 144 valence electrons. The van der Waals surface area contributed by atoms with Gasteiger partial charge in [-0.15, -0.1) is 0 Å². The lowest BCUT2D eigenvalue weighted by Crippen LogP contribution is -2.48. The highest BCUT2D eigenvalue weighted by Crippen LogP contribution is 2.30. The second-order valence-electron chi connectivity index (χ2n) is 6.59. The van der Waals surface area contributed by atoms with Crippen LogP contribution in [0, 0.1) is 12.7 Å². The van der Waals surface area contributed by atoms with Crippen LogP contribution in [0.5, 0.6) is 5.75 Å². The Bertz CT molecular complexity index is 806. The molecule has 7 heteroatoms. The Balaban J connectivity index is 1.54. The van der Waals surface area contributed by atoms with Crippen LogP contribution in [0.2, 0.25) is 5.02 Å². The Hall–Kier alpha value is -2.31. The summed E-state index contributed by atoms with van der Waals surface area (Å²) in [6.45, 7) is 5.31. The molecule has 2 aromatic carbocycles. The number of piperazine rings is 1. The number of aryl methyl sites for hydroxylation is 1. The lowest BCUT2D eigenvalue weighted by Gasteiger charge is -2.35. The first-order valence-corrected chi connectivity index (χ1v) is 9.21. The van der Waals surface area contributed by atoms with Crippen molar-refractivity contribution in [2.75, 3.05) is 50.1 Å². The first-order valence-electron chi connectivity index (χ1n) is 8.83. The monoisotopic (exact) mass is 391 g/mol. The number of benzene rings is 2. The molecule has 0 unspecified atom stereocenters. The van der Waals surface area contributed by atoms with Gasteiger partial charge in [-0.05, 0) is 42.8 Å². The number of anilines is 2. The summed E-state index contributed by atoms with van der Waals surface area (Å²) in [5.74, 6) is 0.215. The molecule has 2 aromatic rings. The van der Waals surface area contributed by atoms with Crippen molar-refractivity contribution in [2.45, 2.75) is 6.92 Å². The predicted molar refractivity (Wildman–Crippen MR) is 106 cm³/mol. The molecule has 5 nitrogen and oxygen atoms in total. The van der Waals surface area contributed by atoms with E-state index >= 15 is 0 Å². The highest BCUT2D eigenvalue weighted by atomic mass is 35.5. The number of ether oxygens (including phenoxy) is 1. The zero-order valence-electron chi connectivity index (χ0n) is 15.5. The van der Waals surface area contributed by atoms with Crippen molar-refractivity contribution in [1.82, 2.24) is 4.90 Å². The summed E-state index contributed by atoms with van der Waals surface area (Å²) < 4.78 is 18.3. The SMILES string of the molecule is COc1cc(Cl)c(C)cc1NC(=O)CN1CCN(c2ccc(F)cc2)CC1. The molecule has 0 aliphatic carbocycles. The highest BCUT2D eigenvalue weighted by Gasteiger charge is 2.20. The smallest absolute Gasteiger partial charge is 0.238 e. The second-order valence-corrected chi connectivity index (χ2v) is 7.00. The standard InChI is InChI=1S/C20H23ClFN3O2/c1-14-11-18(19(27-2)12-17(14)21)23-20(26)13-24-7-9-25(10-8-24)16-5-3-15(22)4-6-16/h3-6,11-12H,7-10,13H2,1-2H3,(H,23,26). The van der Waals surface area contributed by atoms with E-state index in [0.29, 0.717) is 23.0 Å². The van der Waals surface area contributed by atoms with Crippen LogP contribution in [0.3, 0.4) is 0 Å². The van der Waals surface area contributed by atoms with Crippen molar-refractivity contribution < 1.29 is 13.9 Å². The normalized spacial score (nSPS) is 14.9. The van der Waals surface area contributed by atoms with E-state index in [1.54, 1.807) is 25.3 Å². The fourth-order valence-corrected chi connectivity index (χ4v) is 3.29. The summed E-state index contributed by atoms with van der Waals surface area (Å²) in [5.41, 5.74) is 2.50. The minimum atomic E-state index is -0.234. The van der Waals surface area contributed by atoms with Crippen LogP contribution in [0.25, 0.3) is 0 Å². The average Bonchev–Trinajstić information content (AvgIpc) is 2.66. The molecule has 1 saturated heterocycles.